The van der Waals surface area contributed by atoms with Crippen molar-refractivity contribution in [3.8, 4) is 12.0 Å². The van der Waals surface area contributed by atoms with E-state index in [1.54, 1.807) is 20.8 Å². The van der Waals surface area contributed by atoms with Gasteiger partial charge in [-0.25, -0.2) is 14.5 Å². The fraction of sp³-hybridized carbons (Fsp3) is 0.412. The number of carbonyl (C=O) groups is 2. The number of hydrogen-bond donors (Lipinski definition) is 0. The van der Waals surface area contributed by atoms with Gasteiger partial charge < -0.3 is 9.47 Å². The lowest BCUT2D eigenvalue weighted by Crippen LogP contribution is -2.43. The Balaban J connectivity index is 3.04. The molecular formula is C17H21NO4. The highest BCUT2D eigenvalue weighted by molar-refractivity contribution is 5.82. The summed E-state index contributed by atoms with van der Waals surface area (Å²) in [4.78, 5) is 25.0. The second-order valence-electron chi connectivity index (χ2n) is 5.65. The highest BCUT2D eigenvalue weighted by Gasteiger charge is 2.29. The molecule has 0 fully saturated rings. The van der Waals surface area contributed by atoms with Gasteiger partial charge in [-0.15, -0.1) is 0 Å². The van der Waals surface area contributed by atoms with E-state index in [4.69, 9.17) is 4.74 Å². The summed E-state index contributed by atoms with van der Waals surface area (Å²) in [6.07, 6.45) is -0.686. The predicted molar refractivity (Wildman–Crippen MR) is 82.9 cm³/mol. The van der Waals surface area contributed by atoms with Gasteiger partial charge in [-0.3, -0.25) is 0 Å². The van der Waals surface area contributed by atoms with Crippen molar-refractivity contribution in [1.29, 1.82) is 0 Å². The molecule has 0 aliphatic heterocycles. The summed E-state index contributed by atoms with van der Waals surface area (Å²) in [6, 6.07) is 11.0. The molecule has 0 bridgehead atoms. The van der Waals surface area contributed by atoms with E-state index in [0.717, 1.165) is 10.5 Å². The Hall–Kier alpha value is -2.48. The molecule has 0 saturated carbocycles. The Labute approximate surface area is 131 Å². The van der Waals surface area contributed by atoms with Crippen LogP contribution in [0.5, 0.6) is 0 Å². The van der Waals surface area contributed by atoms with Crippen LogP contribution >= 0.6 is 0 Å². The molecule has 1 amide bonds. The molecule has 5 heteroatoms. The summed E-state index contributed by atoms with van der Waals surface area (Å²) in [6.45, 7) is 6.78. The van der Waals surface area contributed by atoms with Gasteiger partial charge in [0.2, 0.25) is 0 Å². The molecule has 0 aromatic heterocycles. The molecule has 0 N–H and O–H groups in total. The largest absolute Gasteiger partial charge is 0.467 e. The van der Waals surface area contributed by atoms with Gasteiger partial charge in [-0.2, -0.15) is 0 Å². The van der Waals surface area contributed by atoms with Crippen LogP contribution in [0.3, 0.4) is 0 Å². The van der Waals surface area contributed by atoms with Gasteiger partial charge in [-0.05, 0) is 45.7 Å². The molecule has 0 aliphatic rings. The van der Waals surface area contributed by atoms with E-state index in [1.807, 2.05) is 30.3 Å². The first-order valence-corrected chi connectivity index (χ1v) is 6.91. The van der Waals surface area contributed by atoms with Crippen LogP contribution in [-0.4, -0.2) is 35.7 Å². The zero-order chi connectivity index (χ0) is 16.8. The maximum Gasteiger partial charge on any atom is 0.422 e. The smallest absolute Gasteiger partial charge is 0.422 e. The van der Waals surface area contributed by atoms with Crippen molar-refractivity contribution in [3.05, 3.63) is 35.9 Å². The Kier molecular flexibility index (Phi) is 6.00. The van der Waals surface area contributed by atoms with Gasteiger partial charge in [-0.1, -0.05) is 18.2 Å². The Morgan fingerprint density at radius 2 is 1.77 bits per heavy atom. The Morgan fingerprint density at radius 1 is 1.18 bits per heavy atom. The van der Waals surface area contributed by atoms with E-state index < -0.39 is 23.7 Å². The highest BCUT2D eigenvalue weighted by atomic mass is 16.6. The van der Waals surface area contributed by atoms with Crippen LogP contribution in [0.4, 0.5) is 4.79 Å². The Morgan fingerprint density at radius 3 is 2.27 bits per heavy atom. The lowest BCUT2D eigenvalue weighted by atomic mass is 10.2. The van der Waals surface area contributed by atoms with Crippen LogP contribution in [0, 0.1) is 12.0 Å². The topological polar surface area (TPSA) is 55.8 Å². The van der Waals surface area contributed by atoms with Gasteiger partial charge in [0.15, 0.2) is 0 Å². The summed E-state index contributed by atoms with van der Waals surface area (Å²) in [7, 11) is 1.26. The maximum atomic E-state index is 12.2. The van der Waals surface area contributed by atoms with Gasteiger partial charge >= 0.3 is 12.1 Å². The van der Waals surface area contributed by atoms with Crippen LogP contribution in [-0.2, 0) is 14.3 Å². The number of benzene rings is 1. The number of esters is 1. The van der Waals surface area contributed by atoms with Crippen molar-refractivity contribution in [3.63, 3.8) is 0 Å². The number of carbonyl (C=O) groups excluding carboxylic acids is 2. The second kappa shape index (κ2) is 7.51. The van der Waals surface area contributed by atoms with Gasteiger partial charge in [0.05, 0.1) is 7.11 Å². The van der Waals surface area contributed by atoms with E-state index in [2.05, 4.69) is 16.7 Å². The van der Waals surface area contributed by atoms with E-state index in [0.29, 0.717) is 0 Å². The number of ether oxygens (including phenoxy) is 2. The SMILES string of the molecule is COC(=O)[C@@H](C)N(C#Cc1ccccc1)C(=O)OC(C)(C)C. The molecule has 22 heavy (non-hydrogen) atoms. The summed E-state index contributed by atoms with van der Waals surface area (Å²) in [5.74, 6) is 2.28. The Bertz CT molecular complexity index is 578. The fourth-order valence-electron chi connectivity index (χ4n) is 1.53. The average molecular weight is 303 g/mol. The van der Waals surface area contributed by atoms with Crippen LogP contribution in [0.25, 0.3) is 0 Å². The fourth-order valence-corrected chi connectivity index (χ4v) is 1.53. The summed E-state index contributed by atoms with van der Waals surface area (Å²) < 4.78 is 9.95. The maximum absolute atomic E-state index is 12.2. The molecule has 0 radical (unpaired) electrons. The van der Waals surface area contributed by atoms with Crippen molar-refractivity contribution >= 4 is 12.1 Å². The first-order valence-electron chi connectivity index (χ1n) is 6.91. The molecular weight excluding hydrogens is 282 g/mol. The molecule has 1 aromatic rings. The number of amides is 1. The normalized spacial score (nSPS) is 11.7. The van der Waals surface area contributed by atoms with Crippen molar-refractivity contribution in [1.82, 2.24) is 4.90 Å². The quantitative estimate of drug-likeness (QED) is 0.479. The molecule has 0 heterocycles. The minimum atomic E-state index is -0.865. The minimum absolute atomic E-state index is 0.562. The summed E-state index contributed by atoms with van der Waals surface area (Å²) in [5.41, 5.74) is 0.0488. The van der Waals surface area contributed by atoms with Crippen LogP contribution < -0.4 is 0 Å². The molecule has 1 atom stereocenters. The number of hydrogen-bond acceptors (Lipinski definition) is 4. The van der Waals surface area contributed by atoms with Gasteiger partial charge in [0.25, 0.3) is 0 Å². The number of rotatable bonds is 2. The van der Waals surface area contributed by atoms with E-state index in [9.17, 15) is 9.59 Å². The third-order valence-electron chi connectivity index (χ3n) is 2.61. The molecule has 0 saturated heterocycles. The van der Waals surface area contributed by atoms with Crippen LogP contribution in [0.1, 0.15) is 33.3 Å². The lowest BCUT2D eigenvalue weighted by Gasteiger charge is -2.26. The summed E-state index contributed by atoms with van der Waals surface area (Å²) >= 11 is 0. The molecule has 0 spiro atoms. The molecule has 118 valence electrons. The van der Waals surface area contributed by atoms with Gasteiger partial charge in [0.1, 0.15) is 11.6 Å². The molecule has 0 aliphatic carbocycles. The van der Waals surface area contributed by atoms with E-state index in [-0.39, 0.29) is 0 Å². The van der Waals surface area contributed by atoms with Crippen LogP contribution in [0.15, 0.2) is 30.3 Å². The number of nitrogens with zero attached hydrogens (tertiary/aromatic N) is 1. The van der Waals surface area contributed by atoms with Crippen LogP contribution in [0.2, 0.25) is 0 Å². The molecule has 1 aromatic carbocycles. The lowest BCUT2D eigenvalue weighted by molar-refractivity contribution is -0.145. The molecule has 0 unspecified atom stereocenters. The van der Waals surface area contributed by atoms with Gasteiger partial charge in [0, 0.05) is 11.6 Å². The predicted octanol–water partition coefficient (Wildman–Crippen LogP) is 2.79. The monoisotopic (exact) mass is 303 g/mol. The van der Waals surface area contributed by atoms with Crippen molar-refractivity contribution in [2.45, 2.75) is 39.3 Å². The first kappa shape index (κ1) is 17.6. The van der Waals surface area contributed by atoms with E-state index in [1.165, 1.54) is 14.0 Å². The minimum Gasteiger partial charge on any atom is -0.467 e. The van der Waals surface area contributed by atoms with Crippen molar-refractivity contribution < 1.29 is 19.1 Å². The van der Waals surface area contributed by atoms with E-state index >= 15 is 0 Å². The third kappa shape index (κ3) is 5.49. The average Bonchev–Trinajstić information content (AvgIpc) is 2.45. The zero-order valence-electron chi connectivity index (χ0n) is 13.5. The van der Waals surface area contributed by atoms with Crippen molar-refractivity contribution in [2.24, 2.45) is 0 Å². The molecule has 5 nitrogen and oxygen atoms in total. The van der Waals surface area contributed by atoms with Crippen molar-refractivity contribution in [2.75, 3.05) is 7.11 Å². The standard InChI is InChI=1S/C17H21NO4/c1-13(15(19)21-5)18(16(20)22-17(2,3)4)12-11-14-9-7-6-8-10-14/h6-10,13H,1-5H3/t13-/m1/s1. The third-order valence-corrected chi connectivity index (χ3v) is 2.61. The highest BCUT2D eigenvalue weighted by Crippen LogP contribution is 2.12. The number of methoxy groups -OCH3 is 1. The first-order chi connectivity index (χ1) is 10.2. The zero-order valence-corrected chi connectivity index (χ0v) is 13.5. The summed E-state index contributed by atoms with van der Waals surface area (Å²) in [5, 5.41) is 0. The second-order valence-corrected chi connectivity index (χ2v) is 5.65. The molecule has 1 rings (SSSR count).